The van der Waals surface area contributed by atoms with Crippen LogP contribution in [0.2, 0.25) is 0 Å². The zero-order chi connectivity index (χ0) is 14.2. The molecule has 2 aliphatic heterocycles. The first-order chi connectivity index (χ1) is 9.55. The third kappa shape index (κ3) is 2.87. The van der Waals surface area contributed by atoms with E-state index in [0.29, 0.717) is 0 Å². The number of hydrogen-bond donors (Lipinski definition) is 2. The van der Waals surface area contributed by atoms with E-state index in [9.17, 15) is 13.5 Å². The fourth-order valence-electron chi connectivity index (χ4n) is 2.65. The van der Waals surface area contributed by atoms with Gasteiger partial charge in [0.25, 0.3) is 0 Å². The van der Waals surface area contributed by atoms with Crippen molar-refractivity contribution in [2.45, 2.75) is 30.1 Å². The summed E-state index contributed by atoms with van der Waals surface area (Å²) < 4.78 is 37.7. The molecule has 6 nitrogen and oxygen atoms in total. The molecule has 0 bridgehead atoms. The summed E-state index contributed by atoms with van der Waals surface area (Å²) in [7, 11) is -3.47. The zero-order valence-electron chi connectivity index (χ0n) is 10.8. The van der Waals surface area contributed by atoms with Gasteiger partial charge in [0.1, 0.15) is 18.3 Å². The third-order valence-electron chi connectivity index (χ3n) is 3.56. The second-order valence-electron chi connectivity index (χ2n) is 5.13. The van der Waals surface area contributed by atoms with E-state index in [1.807, 2.05) is 6.07 Å². The summed E-state index contributed by atoms with van der Waals surface area (Å²) in [4.78, 5) is 0. The Labute approximate surface area is 117 Å². The fraction of sp³-hybridized carbons (Fsp3) is 0.538. The molecule has 0 aliphatic carbocycles. The fourth-order valence-corrected chi connectivity index (χ4v) is 4.02. The van der Waals surface area contributed by atoms with Crippen LogP contribution in [0.5, 0.6) is 0 Å². The molecule has 0 saturated carbocycles. The molecule has 0 spiro atoms. The molecule has 110 valence electrons. The Bertz CT molecular complexity index is 561. The molecule has 0 aromatic heterocycles. The van der Waals surface area contributed by atoms with Gasteiger partial charge in [-0.15, -0.1) is 0 Å². The lowest BCUT2D eigenvalue weighted by Crippen LogP contribution is -2.44. The van der Waals surface area contributed by atoms with Crippen LogP contribution in [0.15, 0.2) is 30.3 Å². The first-order valence-corrected chi connectivity index (χ1v) is 8.15. The quantitative estimate of drug-likeness (QED) is 0.792. The summed E-state index contributed by atoms with van der Waals surface area (Å²) >= 11 is 0. The van der Waals surface area contributed by atoms with Crippen LogP contribution >= 0.6 is 0 Å². The summed E-state index contributed by atoms with van der Waals surface area (Å²) in [6, 6.07) is 8.54. The Hall–Kier alpha value is -0.990. The van der Waals surface area contributed by atoms with Crippen molar-refractivity contribution < 1.29 is 23.0 Å². The number of hydrogen-bond acceptors (Lipinski definition) is 5. The SMILES string of the molecule is O=S(=O)(Cc1ccccc1)NC1COC2C(O)COC12. The molecule has 2 aliphatic rings. The van der Waals surface area contributed by atoms with Crippen LogP contribution in [0.25, 0.3) is 0 Å². The molecule has 2 heterocycles. The van der Waals surface area contributed by atoms with Crippen molar-refractivity contribution in [3.05, 3.63) is 35.9 Å². The standard InChI is InChI=1S/C13H17NO5S/c15-11-7-19-12-10(6-18-13(11)12)14-20(16,17)8-9-4-2-1-3-5-9/h1-5,10-15H,6-8H2. The van der Waals surface area contributed by atoms with Crippen molar-refractivity contribution in [3.63, 3.8) is 0 Å². The van der Waals surface area contributed by atoms with Crippen molar-refractivity contribution in [1.29, 1.82) is 0 Å². The van der Waals surface area contributed by atoms with Gasteiger partial charge in [-0.3, -0.25) is 0 Å². The number of nitrogens with one attached hydrogen (secondary N) is 1. The minimum atomic E-state index is -3.47. The highest BCUT2D eigenvalue weighted by atomic mass is 32.2. The maximum absolute atomic E-state index is 12.1. The minimum absolute atomic E-state index is 0.0791. The average molecular weight is 299 g/mol. The van der Waals surface area contributed by atoms with Crippen LogP contribution in [0.3, 0.4) is 0 Å². The summed E-state index contributed by atoms with van der Waals surface area (Å²) in [5.41, 5.74) is 0.725. The largest absolute Gasteiger partial charge is 0.388 e. The third-order valence-corrected chi connectivity index (χ3v) is 4.93. The lowest BCUT2D eigenvalue weighted by atomic mass is 10.1. The molecule has 2 fully saturated rings. The maximum atomic E-state index is 12.1. The van der Waals surface area contributed by atoms with E-state index in [1.165, 1.54) is 0 Å². The Morgan fingerprint density at radius 2 is 1.85 bits per heavy atom. The van der Waals surface area contributed by atoms with Gasteiger partial charge >= 0.3 is 0 Å². The second kappa shape index (κ2) is 5.42. The van der Waals surface area contributed by atoms with Crippen molar-refractivity contribution >= 4 is 10.0 Å². The molecule has 1 aromatic carbocycles. The van der Waals surface area contributed by atoms with E-state index < -0.39 is 34.4 Å². The van der Waals surface area contributed by atoms with E-state index in [2.05, 4.69) is 4.72 Å². The average Bonchev–Trinajstić information content (AvgIpc) is 2.95. The number of aliphatic hydroxyl groups is 1. The molecule has 1 aromatic rings. The van der Waals surface area contributed by atoms with Gasteiger partial charge in [-0.25, -0.2) is 13.1 Å². The van der Waals surface area contributed by atoms with Crippen LogP contribution in [-0.2, 0) is 25.2 Å². The molecule has 2 saturated heterocycles. The molecular formula is C13H17NO5S. The first kappa shape index (κ1) is 14.0. The Morgan fingerprint density at radius 3 is 2.60 bits per heavy atom. The van der Waals surface area contributed by atoms with E-state index in [4.69, 9.17) is 9.47 Å². The predicted octanol–water partition coefficient (Wildman–Crippen LogP) is -0.367. The van der Waals surface area contributed by atoms with E-state index in [-0.39, 0.29) is 19.0 Å². The van der Waals surface area contributed by atoms with E-state index in [1.54, 1.807) is 24.3 Å². The van der Waals surface area contributed by atoms with Crippen LogP contribution in [0.4, 0.5) is 0 Å². The summed E-state index contributed by atoms with van der Waals surface area (Å²) in [6.07, 6.45) is -1.52. The number of fused-ring (bicyclic) bond motifs is 1. The molecule has 7 heteroatoms. The summed E-state index contributed by atoms with van der Waals surface area (Å²) in [5.74, 6) is -0.0791. The highest BCUT2D eigenvalue weighted by Gasteiger charge is 2.48. The van der Waals surface area contributed by atoms with Gasteiger partial charge in [-0.2, -0.15) is 0 Å². The van der Waals surface area contributed by atoms with Crippen molar-refractivity contribution in [2.24, 2.45) is 0 Å². The van der Waals surface area contributed by atoms with Gasteiger partial charge in [-0.05, 0) is 5.56 Å². The van der Waals surface area contributed by atoms with Crippen LogP contribution in [-0.4, -0.2) is 51.1 Å². The van der Waals surface area contributed by atoms with E-state index in [0.717, 1.165) is 5.56 Å². The van der Waals surface area contributed by atoms with E-state index >= 15 is 0 Å². The lowest BCUT2D eigenvalue weighted by molar-refractivity contribution is 0.0181. The van der Waals surface area contributed by atoms with Gasteiger partial charge in [0.05, 0.1) is 25.0 Å². The number of aliphatic hydroxyl groups excluding tert-OH is 1. The zero-order valence-corrected chi connectivity index (χ0v) is 11.6. The summed E-state index contributed by atoms with van der Waals surface area (Å²) in [5, 5.41) is 9.62. The molecule has 0 amide bonds. The van der Waals surface area contributed by atoms with Gasteiger partial charge < -0.3 is 14.6 Å². The van der Waals surface area contributed by atoms with Gasteiger partial charge in [0.15, 0.2) is 0 Å². The molecule has 20 heavy (non-hydrogen) atoms. The minimum Gasteiger partial charge on any atom is -0.388 e. The van der Waals surface area contributed by atoms with Gasteiger partial charge in [0, 0.05) is 0 Å². The number of benzene rings is 1. The molecule has 0 radical (unpaired) electrons. The maximum Gasteiger partial charge on any atom is 0.216 e. The van der Waals surface area contributed by atoms with Crippen LogP contribution in [0.1, 0.15) is 5.56 Å². The molecular weight excluding hydrogens is 282 g/mol. The topological polar surface area (TPSA) is 84.9 Å². The summed E-state index contributed by atoms with van der Waals surface area (Å²) in [6.45, 7) is 0.409. The van der Waals surface area contributed by atoms with Crippen LogP contribution < -0.4 is 4.72 Å². The number of ether oxygens (including phenoxy) is 2. The molecule has 3 rings (SSSR count). The van der Waals surface area contributed by atoms with Gasteiger partial charge in [0.2, 0.25) is 10.0 Å². The Morgan fingerprint density at radius 1 is 1.15 bits per heavy atom. The monoisotopic (exact) mass is 299 g/mol. The normalized spacial score (nSPS) is 33.2. The Kier molecular flexibility index (Phi) is 3.78. The Balaban J connectivity index is 1.65. The van der Waals surface area contributed by atoms with Crippen molar-refractivity contribution in [2.75, 3.05) is 13.2 Å². The first-order valence-electron chi connectivity index (χ1n) is 6.50. The highest BCUT2D eigenvalue weighted by Crippen LogP contribution is 2.27. The van der Waals surface area contributed by atoms with Crippen LogP contribution in [0, 0.1) is 0 Å². The van der Waals surface area contributed by atoms with Crippen molar-refractivity contribution in [3.8, 4) is 0 Å². The molecule has 4 unspecified atom stereocenters. The lowest BCUT2D eigenvalue weighted by Gasteiger charge is -2.17. The van der Waals surface area contributed by atoms with Crippen molar-refractivity contribution in [1.82, 2.24) is 4.72 Å². The predicted molar refractivity (Wildman–Crippen MR) is 71.5 cm³/mol. The molecule has 4 atom stereocenters. The number of rotatable bonds is 4. The smallest absolute Gasteiger partial charge is 0.216 e. The highest BCUT2D eigenvalue weighted by molar-refractivity contribution is 7.88. The second-order valence-corrected chi connectivity index (χ2v) is 6.89. The number of sulfonamides is 1. The van der Waals surface area contributed by atoms with Gasteiger partial charge in [-0.1, -0.05) is 30.3 Å². The molecule has 2 N–H and O–H groups in total.